The molecule has 0 aliphatic carbocycles. The maximum absolute atomic E-state index is 12.9. The largest absolute Gasteiger partial charge is 0.490 e. The normalized spacial score (nSPS) is 10.0. The van der Waals surface area contributed by atoms with Gasteiger partial charge in [-0.2, -0.15) is 0 Å². The lowest BCUT2D eigenvalue weighted by Gasteiger charge is -2.15. The highest BCUT2D eigenvalue weighted by molar-refractivity contribution is 14.1. The molecule has 0 spiro atoms. The van der Waals surface area contributed by atoms with Crippen LogP contribution in [0, 0.1) is 21.7 Å². The van der Waals surface area contributed by atoms with E-state index in [0.717, 1.165) is 14.8 Å². The van der Waals surface area contributed by atoms with Crippen LogP contribution in [0.1, 0.15) is 12.5 Å². The van der Waals surface area contributed by atoms with Crippen molar-refractivity contribution in [1.29, 1.82) is 0 Å². The first-order valence-corrected chi connectivity index (χ1v) is 8.22. The number of hydrogen-bond donors (Lipinski definition) is 1. The predicted molar refractivity (Wildman–Crippen MR) is 98.4 cm³/mol. The van der Waals surface area contributed by atoms with Crippen LogP contribution in [0.3, 0.4) is 0 Å². The van der Waals surface area contributed by atoms with Crippen molar-refractivity contribution in [3.8, 4) is 23.8 Å². The van der Waals surface area contributed by atoms with Crippen molar-refractivity contribution in [2.45, 2.75) is 13.5 Å². The second-order valence-electron chi connectivity index (χ2n) is 4.69. The highest BCUT2D eigenvalue weighted by Crippen LogP contribution is 2.34. The van der Waals surface area contributed by atoms with Crippen molar-refractivity contribution in [3.05, 3.63) is 51.3 Å². The van der Waals surface area contributed by atoms with Crippen molar-refractivity contribution < 1.29 is 13.9 Å². The third-order valence-electron chi connectivity index (χ3n) is 3.01. The summed E-state index contributed by atoms with van der Waals surface area (Å²) in [6.07, 6.45) is 5.25. The lowest BCUT2D eigenvalue weighted by Crippen LogP contribution is -2.05. The molecular weight excluding hydrogens is 408 g/mol. The number of anilines is 1. The smallest absolute Gasteiger partial charge is 0.175 e. The Morgan fingerprint density at radius 3 is 2.61 bits per heavy atom. The Labute approximate surface area is 149 Å². The molecule has 120 valence electrons. The van der Waals surface area contributed by atoms with E-state index in [-0.39, 0.29) is 12.4 Å². The molecule has 23 heavy (non-hydrogen) atoms. The van der Waals surface area contributed by atoms with Crippen molar-refractivity contribution >= 4 is 28.3 Å². The molecule has 3 nitrogen and oxygen atoms in total. The molecule has 0 fully saturated rings. The van der Waals surface area contributed by atoms with E-state index in [1.807, 2.05) is 19.1 Å². The summed E-state index contributed by atoms with van der Waals surface area (Å²) < 4.78 is 25.1. The summed E-state index contributed by atoms with van der Waals surface area (Å²) in [6, 6.07) is 10.2. The average Bonchev–Trinajstić information content (AvgIpc) is 2.54. The minimum Gasteiger partial charge on any atom is -0.490 e. The molecule has 5 heteroatoms. The lowest BCUT2D eigenvalue weighted by atomic mass is 10.2. The van der Waals surface area contributed by atoms with E-state index in [0.29, 0.717) is 24.7 Å². The number of terminal acetylenes is 1. The van der Waals surface area contributed by atoms with Crippen molar-refractivity contribution in [3.63, 3.8) is 0 Å². The standard InChI is InChI=1S/C18H17FINO2/c1-3-9-23-18-16(20)10-13(11-17(18)22-4-2)12-21-15-7-5-14(19)6-8-15/h1,5-8,10-11,21H,4,9,12H2,2H3. The first-order valence-electron chi connectivity index (χ1n) is 7.15. The molecular formula is C18H17FINO2. The van der Waals surface area contributed by atoms with Gasteiger partial charge in [-0.3, -0.25) is 0 Å². The zero-order valence-electron chi connectivity index (χ0n) is 12.7. The van der Waals surface area contributed by atoms with Crippen LogP contribution in [0.25, 0.3) is 0 Å². The fourth-order valence-corrected chi connectivity index (χ4v) is 2.83. The van der Waals surface area contributed by atoms with E-state index >= 15 is 0 Å². The van der Waals surface area contributed by atoms with Crippen LogP contribution in [0.2, 0.25) is 0 Å². The van der Waals surface area contributed by atoms with Gasteiger partial charge in [-0.1, -0.05) is 5.92 Å². The fourth-order valence-electron chi connectivity index (χ4n) is 2.01. The number of benzene rings is 2. The van der Waals surface area contributed by atoms with E-state index < -0.39 is 0 Å². The number of ether oxygens (including phenoxy) is 2. The minimum absolute atomic E-state index is 0.198. The van der Waals surface area contributed by atoms with Crippen LogP contribution in [-0.4, -0.2) is 13.2 Å². The SMILES string of the molecule is C#CCOc1c(I)cc(CNc2ccc(F)cc2)cc1OCC. The number of halogens is 2. The van der Waals surface area contributed by atoms with Gasteiger partial charge in [0.2, 0.25) is 0 Å². The Bertz CT molecular complexity index is 695. The van der Waals surface area contributed by atoms with Crippen LogP contribution >= 0.6 is 22.6 Å². The van der Waals surface area contributed by atoms with Gasteiger partial charge in [0.15, 0.2) is 11.5 Å². The monoisotopic (exact) mass is 425 g/mol. The Morgan fingerprint density at radius 2 is 1.96 bits per heavy atom. The van der Waals surface area contributed by atoms with Crippen LogP contribution < -0.4 is 14.8 Å². The second kappa shape index (κ2) is 8.63. The first-order chi connectivity index (χ1) is 11.1. The van der Waals surface area contributed by atoms with Gasteiger partial charge < -0.3 is 14.8 Å². The molecule has 2 aromatic carbocycles. The number of hydrogen-bond acceptors (Lipinski definition) is 3. The molecule has 0 bridgehead atoms. The summed E-state index contributed by atoms with van der Waals surface area (Å²) in [6.45, 7) is 3.25. The summed E-state index contributed by atoms with van der Waals surface area (Å²) in [5, 5.41) is 3.25. The molecule has 0 unspecified atom stereocenters. The molecule has 0 aliphatic heterocycles. The van der Waals surface area contributed by atoms with Crippen LogP contribution in [0.4, 0.5) is 10.1 Å². The zero-order valence-corrected chi connectivity index (χ0v) is 14.9. The third kappa shape index (κ3) is 5.03. The Hall–Kier alpha value is -1.94. The average molecular weight is 425 g/mol. The molecule has 0 heterocycles. The molecule has 1 N–H and O–H groups in total. The van der Waals surface area contributed by atoms with Gasteiger partial charge in [-0.05, 0) is 71.5 Å². The summed E-state index contributed by atoms with van der Waals surface area (Å²) in [7, 11) is 0. The zero-order chi connectivity index (χ0) is 16.7. The number of nitrogens with one attached hydrogen (secondary N) is 1. The van der Waals surface area contributed by atoms with Crippen LogP contribution in [0.5, 0.6) is 11.5 Å². The molecule has 0 atom stereocenters. The van der Waals surface area contributed by atoms with E-state index in [2.05, 4.69) is 33.8 Å². The van der Waals surface area contributed by atoms with Gasteiger partial charge in [0, 0.05) is 12.2 Å². The Morgan fingerprint density at radius 1 is 1.22 bits per heavy atom. The summed E-state index contributed by atoms with van der Waals surface area (Å²) in [4.78, 5) is 0. The molecule has 0 saturated carbocycles. The van der Waals surface area contributed by atoms with E-state index in [1.54, 1.807) is 12.1 Å². The van der Waals surface area contributed by atoms with Gasteiger partial charge in [0.1, 0.15) is 12.4 Å². The highest BCUT2D eigenvalue weighted by atomic mass is 127. The quantitative estimate of drug-likeness (QED) is 0.525. The van der Waals surface area contributed by atoms with Gasteiger partial charge in [0.05, 0.1) is 10.2 Å². The molecule has 0 radical (unpaired) electrons. The third-order valence-corrected chi connectivity index (χ3v) is 3.81. The molecule has 2 aromatic rings. The molecule has 2 rings (SSSR count). The summed E-state index contributed by atoms with van der Waals surface area (Å²) in [5.41, 5.74) is 1.89. The molecule has 0 aliphatic rings. The topological polar surface area (TPSA) is 30.5 Å². The number of rotatable bonds is 7. The minimum atomic E-state index is -0.251. The maximum Gasteiger partial charge on any atom is 0.175 e. The lowest BCUT2D eigenvalue weighted by molar-refractivity contribution is 0.297. The van der Waals surface area contributed by atoms with Crippen molar-refractivity contribution in [1.82, 2.24) is 0 Å². The van der Waals surface area contributed by atoms with E-state index in [1.165, 1.54) is 12.1 Å². The van der Waals surface area contributed by atoms with Crippen molar-refractivity contribution in [2.75, 3.05) is 18.5 Å². The van der Waals surface area contributed by atoms with Gasteiger partial charge in [-0.15, -0.1) is 6.42 Å². The summed E-state index contributed by atoms with van der Waals surface area (Å²) in [5.74, 6) is 3.54. The first kappa shape index (κ1) is 17.4. The Balaban J connectivity index is 2.15. The predicted octanol–water partition coefficient (Wildman–Crippen LogP) is 4.45. The van der Waals surface area contributed by atoms with E-state index in [9.17, 15) is 4.39 Å². The Kier molecular flexibility index (Phi) is 6.53. The van der Waals surface area contributed by atoms with E-state index in [4.69, 9.17) is 15.9 Å². The van der Waals surface area contributed by atoms with Gasteiger partial charge in [0.25, 0.3) is 0 Å². The fraction of sp³-hybridized carbons (Fsp3) is 0.222. The molecule has 0 saturated heterocycles. The van der Waals surface area contributed by atoms with Gasteiger partial charge in [-0.25, -0.2) is 4.39 Å². The molecule has 0 aromatic heterocycles. The van der Waals surface area contributed by atoms with Gasteiger partial charge >= 0.3 is 0 Å². The molecule has 0 amide bonds. The highest BCUT2D eigenvalue weighted by Gasteiger charge is 2.12. The maximum atomic E-state index is 12.9. The van der Waals surface area contributed by atoms with Crippen LogP contribution in [0.15, 0.2) is 36.4 Å². The van der Waals surface area contributed by atoms with Crippen LogP contribution in [-0.2, 0) is 6.54 Å². The summed E-state index contributed by atoms with van der Waals surface area (Å²) >= 11 is 2.20. The van der Waals surface area contributed by atoms with Crippen molar-refractivity contribution in [2.24, 2.45) is 0 Å². The second-order valence-corrected chi connectivity index (χ2v) is 5.85.